The number of carbonyl (C=O) groups is 1. The Balaban J connectivity index is 1.93. The summed E-state index contributed by atoms with van der Waals surface area (Å²) in [6.07, 6.45) is 2.46. The van der Waals surface area contributed by atoms with Gasteiger partial charge in [0, 0.05) is 5.56 Å². The van der Waals surface area contributed by atoms with E-state index in [1.807, 2.05) is 0 Å². The van der Waals surface area contributed by atoms with E-state index in [0.717, 1.165) is 25.0 Å². The van der Waals surface area contributed by atoms with Crippen LogP contribution in [0.15, 0.2) is 18.2 Å². The lowest BCUT2D eigenvalue weighted by Gasteiger charge is -2.27. The van der Waals surface area contributed by atoms with E-state index in [9.17, 15) is 33.9 Å². The van der Waals surface area contributed by atoms with E-state index >= 15 is 0 Å². The summed E-state index contributed by atoms with van der Waals surface area (Å²) in [5, 5.41) is 28.9. The van der Waals surface area contributed by atoms with Crippen LogP contribution in [0.5, 0.6) is 5.75 Å². The van der Waals surface area contributed by atoms with Gasteiger partial charge < -0.3 is 19.8 Å². The Morgan fingerprint density at radius 1 is 1.29 bits per heavy atom. The summed E-state index contributed by atoms with van der Waals surface area (Å²) >= 11 is 0. The third kappa shape index (κ3) is 5.75. The summed E-state index contributed by atoms with van der Waals surface area (Å²) in [6, 6.07) is 3.27. The number of aliphatic hydroxyl groups excluding tert-OH is 1. The van der Waals surface area contributed by atoms with Crippen molar-refractivity contribution >= 4 is 5.97 Å². The minimum atomic E-state index is -3.95. The zero-order valence-electron chi connectivity index (χ0n) is 15.2. The van der Waals surface area contributed by atoms with Gasteiger partial charge in [-0.25, -0.2) is 4.79 Å². The lowest BCUT2D eigenvalue weighted by molar-refractivity contribution is -0.757. The number of benzene rings is 1. The Hall–Kier alpha value is -2.49. The van der Waals surface area contributed by atoms with Crippen LogP contribution in [-0.2, 0) is 20.3 Å². The number of aliphatic hydroxyl groups is 1. The molecule has 0 heterocycles. The van der Waals surface area contributed by atoms with Crippen LogP contribution in [0.25, 0.3) is 0 Å². The molecule has 0 aromatic heterocycles. The molecule has 1 fully saturated rings. The summed E-state index contributed by atoms with van der Waals surface area (Å²) in [5.74, 6) is -6.18. The molecule has 8 nitrogen and oxygen atoms in total. The van der Waals surface area contributed by atoms with Crippen molar-refractivity contribution in [2.75, 3.05) is 13.2 Å². The Kier molecular flexibility index (Phi) is 7.50. The van der Waals surface area contributed by atoms with Crippen LogP contribution in [0.3, 0.4) is 0 Å². The smallest absolute Gasteiger partial charge is 0.381 e. The highest BCUT2D eigenvalue weighted by Crippen LogP contribution is 2.40. The molecule has 0 aliphatic heterocycles. The molecule has 1 aromatic carbocycles. The summed E-state index contributed by atoms with van der Waals surface area (Å²) in [4.78, 5) is 25.7. The molecule has 1 aromatic rings. The van der Waals surface area contributed by atoms with Gasteiger partial charge in [0.2, 0.25) is 0 Å². The molecular weight excluding hydrogens is 380 g/mol. The first-order chi connectivity index (χ1) is 13.2. The Morgan fingerprint density at radius 3 is 2.64 bits per heavy atom. The van der Waals surface area contributed by atoms with Gasteiger partial charge in [-0.15, -0.1) is 10.1 Å². The maximum Gasteiger partial charge on any atom is 0.381 e. The molecule has 10 heteroatoms. The standard InChI is InChI=1S/C18H23F2NO7/c19-18(20,17(24)27-8-1-2-9-28-21(25)26)13-6-7-15(16(23)11-13)12-4-3-5-14(22)10-12/h6-7,11-12,14,22-23H,1-5,8-10H2/t12-,14+/m0/s1. The molecule has 0 saturated heterocycles. The number of hydrogen-bond acceptors (Lipinski definition) is 7. The molecule has 0 bridgehead atoms. The van der Waals surface area contributed by atoms with Gasteiger partial charge in [-0.1, -0.05) is 18.6 Å². The summed E-state index contributed by atoms with van der Waals surface area (Å²) in [6.45, 7) is -0.550. The van der Waals surface area contributed by atoms with Gasteiger partial charge >= 0.3 is 11.9 Å². The molecular formula is C18H23F2NO7. The quantitative estimate of drug-likeness (QED) is 0.281. The number of halogens is 2. The first kappa shape index (κ1) is 21.8. The van der Waals surface area contributed by atoms with Crippen molar-refractivity contribution < 1.29 is 38.4 Å². The normalized spacial score (nSPS) is 19.8. The van der Waals surface area contributed by atoms with E-state index in [0.29, 0.717) is 18.4 Å². The predicted octanol–water partition coefficient (Wildman–Crippen LogP) is 3.03. The van der Waals surface area contributed by atoms with E-state index in [2.05, 4.69) is 9.57 Å². The number of esters is 1. The van der Waals surface area contributed by atoms with Crippen LogP contribution in [0.4, 0.5) is 8.78 Å². The number of unbranched alkanes of at least 4 members (excludes halogenated alkanes) is 1. The maximum absolute atomic E-state index is 14.3. The molecule has 156 valence electrons. The second kappa shape index (κ2) is 9.63. The minimum Gasteiger partial charge on any atom is -0.508 e. The molecule has 1 aliphatic carbocycles. The summed E-state index contributed by atoms with van der Waals surface area (Å²) in [7, 11) is 0. The van der Waals surface area contributed by atoms with Crippen LogP contribution in [0, 0.1) is 10.1 Å². The fourth-order valence-corrected chi connectivity index (χ4v) is 3.25. The second-order valence-corrected chi connectivity index (χ2v) is 6.77. The predicted molar refractivity (Wildman–Crippen MR) is 92.4 cm³/mol. The van der Waals surface area contributed by atoms with Crippen molar-refractivity contribution in [2.24, 2.45) is 0 Å². The number of phenolic OH excluding ortho intramolecular Hbond substituents is 1. The number of nitrogens with zero attached hydrogens (tertiary/aromatic N) is 1. The van der Waals surface area contributed by atoms with Gasteiger partial charge in [0.05, 0.1) is 19.3 Å². The molecule has 0 amide bonds. The minimum absolute atomic E-state index is 0.125. The first-order valence-corrected chi connectivity index (χ1v) is 9.05. The second-order valence-electron chi connectivity index (χ2n) is 6.77. The number of alkyl halides is 2. The van der Waals surface area contributed by atoms with E-state index in [4.69, 9.17) is 0 Å². The molecule has 0 radical (unpaired) electrons. The van der Waals surface area contributed by atoms with Crippen LogP contribution in [0.1, 0.15) is 55.6 Å². The van der Waals surface area contributed by atoms with Crippen LogP contribution >= 0.6 is 0 Å². The van der Waals surface area contributed by atoms with Gasteiger partial charge in [-0.05, 0) is 49.7 Å². The van der Waals surface area contributed by atoms with Crippen molar-refractivity contribution in [1.82, 2.24) is 0 Å². The number of ether oxygens (including phenoxy) is 1. The highest BCUT2D eigenvalue weighted by atomic mass is 19.3. The SMILES string of the molecule is O=C(OCCCCO[N+](=O)[O-])C(F)(F)c1ccc([C@H]2CCC[C@@H](O)C2)c(O)c1. The Morgan fingerprint density at radius 2 is 2.00 bits per heavy atom. The van der Waals surface area contributed by atoms with Crippen molar-refractivity contribution in [1.29, 1.82) is 0 Å². The van der Waals surface area contributed by atoms with Crippen molar-refractivity contribution in [3.8, 4) is 5.75 Å². The summed E-state index contributed by atoms with van der Waals surface area (Å²) < 4.78 is 33.2. The van der Waals surface area contributed by atoms with Crippen LogP contribution in [0.2, 0.25) is 0 Å². The van der Waals surface area contributed by atoms with Crippen LogP contribution in [-0.4, -0.2) is 40.6 Å². The Labute approximate surface area is 160 Å². The fourth-order valence-electron chi connectivity index (χ4n) is 3.25. The number of rotatable bonds is 9. The largest absolute Gasteiger partial charge is 0.508 e. The zero-order valence-corrected chi connectivity index (χ0v) is 15.2. The monoisotopic (exact) mass is 403 g/mol. The average molecular weight is 403 g/mol. The van der Waals surface area contributed by atoms with Crippen molar-refractivity contribution in [2.45, 2.75) is 56.5 Å². The van der Waals surface area contributed by atoms with E-state index in [1.54, 1.807) is 0 Å². The molecule has 1 aliphatic rings. The van der Waals surface area contributed by atoms with Gasteiger partial charge in [0.1, 0.15) is 5.75 Å². The molecule has 2 N–H and O–H groups in total. The number of phenols is 1. The van der Waals surface area contributed by atoms with Crippen molar-refractivity contribution in [3.63, 3.8) is 0 Å². The average Bonchev–Trinajstić information content (AvgIpc) is 2.63. The van der Waals surface area contributed by atoms with Crippen LogP contribution < -0.4 is 0 Å². The molecule has 1 saturated carbocycles. The topological polar surface area (TPSA) is 119 Å². The lowest BCUT2D eigenvalue weighted by atomic mass is 9.82. The fraction of sp³-hybridized carbons (Fsp3) is 0.611. The third-order valence-electron chi connectivity index (χ3n) is 4.70. The van der Waals surface area contributed by atoms with Gasteiger partial charge in [0.25, 0.3) is 5.09 Å². The van der Waals surface area contributed by atoms with Gasteiger partial charge in [0.15, 0.2) is 0 Å². The highest BCUT2D eigenvalue weighted by Gasteiger charge is 2.43. The Bertz CT molecular complexity index is 699. The molecule has 2 rings (SSSR count). The molecule has 2 atom stereocenters. The van der Waals surface area contributed by atoms with E-state index in [1.165, 1.54) is 6.07 Å². The number of carbonyl (C=O) groups excluding carboxylic acids is 1. The van der Waals surface area contributed by atoms with Crippen molar-refractivity contribution in [3.05, 3.63) is 39.4 Å². The number of aromatic hydroxyl groups is 1. The summed E-state index contributed by atoms with van der Waals surface area (Å²) in [5.41, 5.74) is -0.218. The zero-order chi connectivity index (χ0) is 20.7. The maximum atomic E-state index is 14.3. The molecule has 0 spiro atoms. The molecule has 0 unspecified atom stereocenters. The lowest BCUT2D eigenvalue weighted by Crippen LogP contribution is -2.28. The number of hydrogen-bond donors (Lipinski definition) is 2. The molecule has 28 heavy (non-hydrogen) atoms. The van der Waals surface area contributed by atoms with Gasteiger partial charge in [-0.3, -0.25) is 0 Å². The highest BCUT2D eigenvalue weighted by molar-refractivity contribution is 5.79. The first-order valence-electron chi connectivity index (χ1n) is 9.05. The van der Waals surface area contributed by atoms with E-state index in [-0.39, 0.29) is 37.7 Å². The van der Waals surface area contributed by atoms with E-state index < -0.39 is 28.6 Å². The van der Waals surface area contributed by atoms with Gasteiger partial charge in [-0.2, -0.15) is 8.78 Å². The third-order valence-corrected chi connectivity index (χ3v) is 4.70.